The zero-order valence-corrected chi connectivity index (χ0v) is 15.9. The number of amides is 1. The maximum absolute atomic E-state index is 12.7. The Morgan fingerprint density at radius 2 is 1.96 bits per heavy atom. The molecule has 3 rings (SSSR count). The van der Waals surface area contributed by atoms with E-state index in [1.807, 2.05) is 12.1 Å². The molecule has 1 aliphatic heterocycles. The lowest BCUT2D eigenvalue weighted by atomic mass is 10.1. The summed E-state index contributed by atoms with van der Waals surface area (Å²) < 4.78 is 38.1. The Morgan fingerprint density at radius 3 is 2.71 bits per heavy atom. The minimum atomic E-state index is -4.42. The zero-order chi connectivity index (χ0) is 20.0. The molecule has 1 amide bonds. The fraction of sp³-hybridized carbons (Fsp3) is 0.368. The second kappa shape index (κ2) is 9.09. The van der Waals surface area contributed by atoms with Crippen molar-refractivity contribution in [3.8, 4) is 0 Å². The first-order valence-electron chi connectivity index (χ1n) is 9.00. The van der Waals surface area contributed by atoms with Gasteiger partial charge in [-0.2, -0.15) is 18.3 Å². The van der Waals surface area contributed by atoms with Crippen LogP contribution in [0.1, 0.15) is 29.7 Å². The fourth-order valence-electron chi connectivity index (χ4n) is 2.89. The highest BCUT2D eigenvalue weighted by molar-refractivity contribution is 7.17. The lowest BCUT2D eigenvalue weighted by Crippen LogP contribution is -2.28. The molecular weight excluding hydrogens is 389 g/mol. The molecule has 0 spiro atoms. The normalized spacial score (nSPS) is 15.0. The van der Waals surface area contributed by atoms with Gasteiger partial charge in [-0.15, -0.1) is 11.3 Å². The Balaban J connectivity index is 1.46. The minimum Gasteiger partial charge on any atom is -0.376 e. The lowest BCUT2D eigenvalue weighted by Gasteiger charge is -2.27. The molecular formula is C19H21F3N4OS. The van der Waals surface area contributed by atoms with Gasteiger partial charge in [0.05, 0.1) is 23.3 Å². The number of carbonyl (C=O) groups excluding carboxylic acids is 1. The number of carbonyl (C=O) groups is 1. The van der Waals surface area contributed by atoms with E-state index in [-0.39, 0.29) is 12.2 Å². The van der Waals surface area contributed by atoms with Gasteiger partial charge in [0, 0.05) is 23.7 Å². The van der Waals surface area contributed by atoms with Gasteiger partial charge in [0.2, 0.25) is 0 Å². The summed E-state index contributed by atoms with van der Waals surface area (Å²) in [5, 5.41) is 7.77. The van der Waals surface area contributed by atoms with Gasteiger partial charge < -0.3 is 10.2 Å². The third-order valence-corrected chi connectivity index (χ3v) is 5.38. The molecule has 0 radical (unpaired) electrons. The molecule has 1 fully saturated rings. The Hall–Kier alpha value is -2.55. The molecule has 1 aromatic carbocycles. The van der Waals surface area contributed by atoms with Crippen molar-refractivity contribution in [2.24, 2.45) is 5.10 Å². The standard InChI is InChI=1S/C19H21F3N4OS/c20-19(21,22)14-5-4-6-15(11-14)23-13-17(27)25-24-12-16-7-8-18(28-16)26-9-2-1-3-10-26/h4-8,11-12,23H,1-3,9-10,13H2,(H,25,27)/b24-12-. The van der Waals surface area contributed by atoms with Crippen molar-refractivity contribution in [3.05, 3.63) is 46.8 Å². The Labute approximate surface area is 165 Å². The van der Waals surface area contributed by atoms with E-state index < -0.39 is 17.6 Å². The van der Waals surface area contributed by atoms with E-state index in [4.69, 9.17) is 0 Å². The number of hydrogen-bond donors (Lipinski definition) is 2. The maximum atomic E-state index is 12.7. The summed E-state index contributed by atoms with van der Waals surface area (Å²) in [6.45, 7) is 1.95. The highest BCUT2D eigenvalue weighted by Gasteiger charge is 2.30. The van der Waals surface area contributed by atoms with E-state index in [2.05, 4.69) is 20.7 Å². The summed E-state index contributed by atoms with van der Waals surface area (Å²) >= 11 is 1.61. The van der Waals surface area contributed by atoms with Gasteiger partial charge in [-0.3, -0.25) is 4.79 Å². The molecule has 1 aromatic heterocycles. The number of nitrogens with one attached hydrogen (secondary N) is 2. The van der Waals surface area contributed by atoms with E-state index in [9.17, 15) is 18.0 Å². The van der Waals surface area contributed by atoms with Gasteiger partial charge in [0.25, 0.3) is 5.91 Å². The van der Waals surface area contributed by atoms with E-state index in [1.54, 1.807) is 17.6 Å². The molecule has 0 saturated carbocycles. The van der Waals surface area contributed by atoms with Crippen LogP contribution in [0.3, 0.4) is 0 Å². The average Bonchev–Trinajstić information content (AvgIpc) is 3.16. The van der Waals surface area contributed by atoms with Crippen LogP contribution in [0.25, 0.3) is 0 Å². The van der Waals surface area contributed by atoms with Gasteiger partial charge in [-0.1, -0.05) is 6.07 Å². The predicted molar refractivity (Wildman–Crippen MR) is 106 cm³/mol. The number of piperidine rings is 1. The van der Waals surface area contributed by atoms with Crippen molar-refractivity contribution < 1.29 is 18.0 Å². The largest absolute Gasteiger partial charge is 0.416 e. The zero-order valence-electron chi connectivity index (χ0n) is 15.1. The summed E-state index contributed by atoms with van der Waals surface area (Å²) in [7, 11) is 0. The predicted octanol–water partition coefficient (Wildman–Crippen LogP) is 4.32. The summed E-state index contributed by atoms with van der Waals surface area (Å²) in [5.74, 6) is -0.443. The van der Waals surface area contributed by atoms with Gasteiger partial charge in [-0.25, -0.2) is 5.43 Å². The Morgan fingerprint density at radius 1 is 1.18 bits per heavy atom. The second-order valence-corrected chi connectivity index (χ2v) is 7.54. The monoisotopic (exact) mass is 410 g/mol. The van der Waals surface area contributed by atoms with Gasteiger partial charge in [0.15, 0.2) is 0 Å². The first-order valence-corrected chi connectivity index (χ1v) is 9.81. The molecule has 0 unspecified atom stereocenters. The molecule has 2 heterocycles. The lowest BCUT2D eigenvalue weighted by molar-refractivity contribution is -0.137. The molecule has 1 aliphatic rings. The van der Waals surface area contributed by atoms with Gasteiger partial charge in [-0.05, 0) is 49.6 Å². The van der Waals surface area contributed by atoms with Crippen LogP contribution in [0.15, 0.2) is 41.5 Å². The van der Waals surface area contributed by atoms with Crippen molar-refractivity contribution in [3.63, 3.8) is 0 Å². The quantitative estimate of drug-likeness (QED) is 0.551. The third-order valence-electron chi connectivity index (χ3n) is 4.30. The number of hydrazone groups is 1. The molecule has 2 aromatic rings. The first kappa shape index (κ1) is 20.2. The summed E-state index contributed by atoms with van der Waals surface area (Å²) in [6, 6.07) is 8.70. The van der Waals surface area contributed by atoms with Gasteiger partial charge in [0.1, 0.15) is 0 Å². The number of nitrogens with zero attached hydrogens (tertiary/aromatic N) is 2. The highest BCUT2D eigenvalue weighted by Crippen LogP contribution is 2.30. The molecule has 0 bridgehead atoms. The smallest absolute Gasteiger partial charge is 0.376 e. The summed E-state index contributed by atoms with van der Waals surface area (Å²) in [4.78, 5) is 15.1. The number of rotatable bonds is 6. The number of halogens is 3. The number of anilines is 2. The van der Waals surface area contributed by atoms with Crippen LogP contribution in [-0.4, -0.2) is 31.8 Å². The van der Waals surface area contributed by atoms with Crippen LogP contribution in [0.4, 0.5) is 23.9 Å². The van der Waals surface area contributed by atoms with Crippen molar-refractivity contribution in [2.75, 3.05) is 29.9 Å². The number of alkyl halides is 3. The SMILES string of the molecule is O=C(CNc1cccc(C(F)(F)F)c1)N/N=C\c1ccc(N2CCCCC2)s1. The molecule has 28 heavy (non-hydrogen) atoms. The van der Waals surface area contributed by atoms with E-state index >= 15 is 0 Å². The van der Waals surface area contributed by atoms with Crippen molar-refractivity contribution in [1.82, 2.24) is 5.43 Å². The Kier molecular flexibility index (Phi) is 6.56. The van der Waals surface area contributed by atoms with Crippen LogP contribution in [0.2, 0.25) is 0 Å². The van der Waals surface area contributed by atoms with Crippen LogP contribution in [0.5, 0.6) is 0 Å². The molecule has 150 valence electrons. The van der Waals surface area contributed by atoms with Crippen LogP contribution < -0.4 is 15.6 Å². The molecule has 0 aliphatic carbocycles. The van der Waals surface area contributed by atoms with E-state index in [1.165, 1.54) is 36.4 Å². The summed E-state index contributed by atoms with van der Waals surface area (Å²) in [6.07, 6.45) is 0.835. The van der Waals surface area contributed by atoms with E-state index in [0.717, 1.165) is 30.1 Å². The van der Waals surface area contributed by atoms with E-state index in [0.29, 0.717) is 0 Å². The Bertz CT molecular complexity index is 829. The molecule has 1 saturated heterocycles. The topological polar surface area (TPSA) is 56.7 Å². The second-order valence-electron chi connectivity index (χ2n) is 6.45. The van der Waals surface area contributed by atoms with Crippen molar-refractivity contribution >= 4 is 34.1 Å². The number of benzene rings is 1. The molecule has 0 atom stereocenters. The minimum absolute atomic E-state index is 0.178. The molecule has 2 N–H and O–H groups in total. The third kappa shape index (κ3) is 5.72. The maximum Gasteiger partial charge on any atom is 0.416 e. The van der Waals surface area contributed by atoms with Crippen LogP contribution in [-0.2, 0) is 11.0 Å². The molecule has 5 nitrogen and oxygen atoms in total. The number of thiophene rings is 1. The average molecular weight is 410 g/mol. The summed E-state index contributed by atoms with van der Waals surface area (Å²) in [5.41, 5.74) is 1.83. The number of hydrogen-bond acceptors (Lipinski definition) is 5. The van der Waals surface area contributed by atoms with Crippen molar-refractivity contribution in [1.29, 1.82) is 0 Å². The molecule has 9 heteroatoms. The highest BCUT2D eigenvalue weighted by atomic mass is 32.1. The van der Waals surface area contributed by atoms with Crippen LogP contribution in [0, 0.1) is 0 Å². The fourth-order valence-corrected chi connectivity index (χ4v) is 3.82. The van der Waals surface area contributed by atoms with Crippen molar-refractivity contribution in [2.45, 2.75) is 25.4 Å². The first-order chi connectivity index (χ1) is 13.4. The van der Waals surface area contributed by atoms with Gasteiger partial charge >= 0.3 is 6.18 Å². The van der Waals surface area contributed by atoms with Crippen LogP contribution >= 0.6 is 11.3 Å².